The highest BCUT2D eigenvalue weighted by molar-refractivity contribution is 5.98. The first kappa shape index (κ1) is 27.3. The van der Waals surface area contributed by atoms with Crippen molar-refractivity contribution in [3.8, 4) is 11.8 Å². The van der Waals surface area contributed by atoms with Crippen LogP contribution in [0.4, 0.5) is 5.69 Å². The van der Waals surface area contributed by atoms with E-state index >= 15 is 0 Å². The zero-order chi connectivity index (χ0) is 26.5. The largest absolute Gasteiger partial charge is 0.388 e. The molecular formula is C29H30N4O4. The number of amides is 2. The average Bonchev–Trinajstić information content (AvgIpc) is 2.94. The smallest absolute Gasteiger partial charge is 0.251 e. The minimum atomic E-state index is -0.928. The number of Topliss-reactive ketones (excluding diaryl/α,β-unsaturated/α-hetero) is 1. The van der Waals surface area contributed by atoms with Crippen LogP contribution in [0.15, 0.2) is 73.1 Å². The van der Waals surface area contributed by atoms with E-state index in [1.165, 1.54) is 5.56 Å². The van der Waals surface area contributed by atoms with Crippen LogP contribution in [-0.2, 0) is 16.0 Å². The minimum absolute atomic E-state index is 0.0174. The molecule has 3 aromatic rings. The van der Waals surface area contributed by atoms with Gasteiger partial charge in [0, 0.05) is 47.7 Å². The molecule has 1 aromatic heterocycles. The molecule has 2 amide bonds. The number of carbonyl (C=O) groups excluding carboxylic acids is 3. The van der Waals surface area contributed by atoms with Crippen molar-refractivity contribution in [1.29, 1.82) is 0 Å². The van der Waals surface area contributed by atoms with E-state index in [0.29, 0.717) is 17.5 Å². The first-order valence-electron chi connectivity index (χ1n) is 12.0. The Kier molecular flexibility index (Phi) is 10.5. The summed E-state index contributed by atoms with van der Waals surface area (Å²) in [5.74, 6) is 5.08. The van der Waals surface area contributed by atoms with Gasteiger partial charge in [-0.25, -0.2) is 0 Å². The van der Waals surface area contributed by atoms with E-state index in [1.807, 2.05) is 36.4 Å². The van der Waals surface area contributed by atoms with Gasteiger partial charge >= 0.3 is 0 Å². The normalized spacial score (nSPS) is 11.1. The molecule has 0 spiro atoms. The summed E-state index contributed by atoms with van der Waals surface area (Å²) >= 11 is 0. The third kappa shape index (κ3) is 9.00. The van der Waals surface area contributed by atoms with Crippen LogP contribution in [0.3, 0.4) is 0 Å². The maximum atomic E-state index is 12.3. The summed E-state index contributed by atoms with van der Waals surface area (Å²) in [5.41, 5.74) is 9.27. The molecule has 190 valence electrons. The predicted molar refractivity (Wildman–Crippen MR) is 142 cm³/mol. The molecule has 0 aliphatic rings. The Morgan fingerprint density at radius 3 is 2.11 bits per heavy atom. The molecule has 2 aromatic carbocycles. The number of pyridine rings is 1. The first-order chi connectivity index (χ1) is 18.0. The molecule has 1 heterocycles. The molecular weight excluding hydrogens is 468 g/mol. The summed E-state index contributed by atoms with van der Waals surface area (Å²) in [4.78, 5) is 40.1. The Hall–Kier alpha value is -4.32. The fraction of sp³-hybridized carbons (Fsp3) is 0.241. The molecule has 0 saturated heterocycles. The fourth-order valence-electron chi connectivity index (χ4n) is 3.50. The van der Waals surface area contributed by atoms with Gasteiger partial charge in [-0.05, 0) is 85.5 Å². The van der Waals surface area contributed by atoms with E-state index in [1.54, 1.807) is 36.7 Å². The molecule has 37 heavy (non-hydrogen) atoms. The van der Waals surface area contributed by atoms with Crippen LogP contribution in [0.25, 0.3) is 0 Å². The Bertz CT molecular complexity index is 1250. The van der Waals surface area contributed by atoms with Crippen LogP contribution in [0.5, 0.6) is 0 Å². The number of rotatable bonds is 11. The summed E-state index contributed by atoms with van der Waals surface area (Å²) in [5, 5.41) is 14.4. The number of aromatic nitrogens is 1. The van der Waals surface area contributed by atoms with Crippen LogP contribution in [0.2, 0.25) is 0 Å². The lowest BCUT2D eigenvalue weighted by Gasteiger charge is -2.14. The number of benzene rings is 2. The number of anilines is 1. The van der Waals surface area contributed by atoms with Crippen molar-refractivity contribution in [2.24, 2.45) is 5.73 Å². The molecule has 8 heteroatoms. The summed E-state index contributed by atoms with van der Waals surface area (Å²) in [6.07, 6.45) is 6.70. The van der Waals surface area contributed by atoms with Crippen molar-refractivity contribution in [1.82, 2.24) is 10.3 Å². The molecule has 1 atom stereocenters. The summed E-state index contributed by atoms with van der Waals surface area (Å²) < 4.78 is 0. The van der Waals surface area contributed by atoms with Gasteiger partial charge in [0.05, 0.1) is 0 Å². The Morgan fingerprint density at radius 1 is 0.892 bits per heavy atom. The van der Waals surface area contributed by atoms with Crippen molar-refractivity contribution >= 4 is 23.3 Å². The van der Waals surface area contributed by atoms with Gasteiger partial charge in [-0.2, -0.15) is 0 Å². The number of hydrogen-bond donors (Lipinski definition) is 4. The lowest BCUT2D eigenvalue weighted by molar-refractivity contribution is -0.123. The lowest BCUT2D eigenvalue weighted by atomic mass is 10.1. The van der Waals surface area contributed by atoms with E-state index in [2.05, 4.69) is 27.5 Å². The molecule has 0 bridgehead atoms. The van der Waals surface area contributed by atoms with Gasteiger partial charge in [-0.3, -0.25) is 19.4 Å². The predicted octanol–water partition coefficient (Wildman–Crippen LogP) is 2.45. The van der Waals surface area contributed by atoms with Crippen molar-refractivity contribution in [2.45, 2.75) is 31.7 Å². The molecule has 0 unspecified atom stereocenters. The number of aliphatic hydroxyl groups excluding tert-OH is 1. The van der Waals surface area contributed by atoms with E-state index in [0.717, 1.165) is 30.5 Å². The van der Waals surface area contributed by atoms with Crippen molar-refractivity contribution < 1.29 is 19.5 Å². The molecule has 0 radical (unpaired) electrons. The summed E-state index contributed by atoms with van der Waals surface area (Å²) in [6.45, 7) is -0.776. The van der Waals surface area contributed by atoms with E-state index in [4.69, 9.17) is 10.8 Å². The molecule has 5 N–H and O–H groups in total. The monoisotopic (exact) mass is 498 g/mol. The molecule has 0 aliphatic heterocycles. The van der Waals surface area contributed by atoms with Gasteiger partial charge < -0.3 is 21.5 Å². The van der Waals surface area contributed by atoms with Crippen LogP contribution < -0.4 is 16.4 Å². The van der Waals surface area contributed by atoms with Crippen molar-refractivity contribution in [2.75, 3.05) is 18.5 Å². The Labute approximate surface area is 216 Å². The number of aryl methyl sites for hydroxylation is 1. The number of nitrogens with zero attached hydrogens (tertiary/aromatic N) is 1. The first-order valence-corrected chi connectivity index (χ1v) is 12.0. The highest BCUT2D eigenvalue weighted by atomic mass is 16.3. The average molecular weight is 499 g/mol. The number of aliphatic hydroxyl groups is 1. The number of nitrogens with two attached hydrogens (primary N) is 1. The number of unbranched alkanes of at least 4 members (excludes halogenated alkanes) is 1. The van der Waals surface area contributed by atoms with Gasteiger partial charge in [-0.1, -0.05) is 11.8 Å². The second-order valence-corrected chi connectivity index (χ2v) is 8.40. The third-order valence-electron chi connectivity index (χ3n) is 5.62. The third-order valence-corrected chi connectivity index (χ3v) is 5.62. The molecule has 3 rings (SSSR count). The fourth-order valence-corrected chi connectivity index (χ4v) is 3.50. The van der Waals surface area contributed by atoms with Gasteiger partial charge in [0.15, 0.2) is 5.78 Å². The Morgan fingerprint density at radius 2 is 1.51 bits per heavy atom. The van der Waals surface area contributed by atoms with Crippen molar-refractivity contribution in [3.05, 3.63) is 95.3 Å². The SMILES string of the molecule is NC[C@H](NC(=O)c1ccc(C#Cc2ccc(NC(=O)CCCCc3ccncc3)cc2)cc1)C(=O)CO. The minimum Gasteiger partial charge on any atom is -0.388 e. The zero-order valence-corrected chi connectivity index (χ0v) is 20.4. The maximum Gasteiger partial charge on any atom is 0.251 e. The van der Waals surface area contributed by atoms with Crippen LogP contribution in [-0.4, -0.2) is 46.9 Å². The van der Waals surface area contributed by atoms with E-state index in [-0.39, 0.29) is 12.5 Å². The van der Waals surface area contributed by atoms with Crippen molar-refractivity contribution in [3.63, 3.8) is 0 Å². The maximum absolute atomic E-state index is 12.3. The van der Waals surface area contributed by atoms with Gasteiger partial charge in [0.25, 0.3) is 5.91 Å². The molecule has 0 saturated carbocycles. The molecule has 0 fully saturated rings. The number of hydrogen-bond acceptors (Lipinski definition) is 6. The van der Waals surface area contributed by atoms with E-state index < -0.39 is 24.3 Å². The van der Waals surface area contributed by atoms with Crippen LogP contribution >= 0.6 is 0 Å². The quantitative estimate of drug-likeness (QED) is 0.237. The standard InChI is InChI=1S/C29H30N4O4/c30-19-26(27(35)20-34)33-29(37)24-11-7-22(8-12-24)5-6-23-9-13-25(14-10-23)32-28(36)4-2-1-3-21-15-17-31-18-16-21/h7-18,26,34H,1-4,19-20,30H2,(H,32,36)(H,33,37)/t26-/m0/s1. The highest BCUT2D eigenvalue weighted by Crippen LogP contribution is 2.12. The Balaban J connectivity index is 1.46. The van der Waals surface area contributed by atoms with Gasteiger partial charge in [0.2, 0.25) is 5.91 Å². The second kappa shape index (κ2) is 14.3. The molecule has 0 aliphatic carbocycles. The molecule has 8 nitrogen and oxygen atoms in total. The van der Waals surface area contributed by atoms with Crippen LogP contribution in [0.1, 0.15) is 46.3 Å². The van der Waals surface area contributed by atoms with E-state index in [9.17, 15) is 14.4 Å². The number of carbonyl (C=O) groups is 3. The highest BCUT2D eigenvalue weighted by Gasteiger charge is 2.18. The summed E-state index contributed by atoms with van der Waals surface area (Å²) in [7, 11) is 0. The number of nitrogens with one attached hydrogen (secondary N) is 2. The summed E-state index contributed by atoms with van der Waals surface area (Å²) in [6, 6.07) is 17.0. The van der Waals surface area contributed by atoms with Crippen LogP contribution in [0, 0.1) is 11.8 Å². The lowest BCUT2D eigenvalue weighted by Crippen LogP contribution is -2.46. The number of ketones is 1. The zero-order valence-electron chi connectivity index (χ0n) is 20.4. The topological polar surface area (TPSA) is 134 Å². The van der Waals surface area contributed by atoms with Gasteiger partial charge in [0.1, 0.15) is 12.6 Å². The second-order valence-electron chi connectivity index (χ2n) is 8.40. The van der Waals surface area contributed by atoms with Gasteiger partial charge in [-0.15, -0.1) is 0 Å².